The van der Waals surface area contributed by atoms with Gasteiger partial charge in [0, 0.05) is 39.3 Å². The Labute approximate surface area is 210 Å². The third kappa shape index (κ3) is 5.79. The van der Waals surface area contributed by atoms with Gasteiger partial charge in [0.05, 0.1) is 16.7 Å². The van der Waals surface area contributed by atoms with E-state index in [9.17, 15) is 22.8 Å². The Kier molecular flexibility index (Phi) is 7.79. The predicted molar refractivity (Wildman–Crippen MR) is 130 cm³/mol. The van der Waals surface area contributed by atoms with Crippen molar-refractivity contribution in [2.75, 3.05) is 45.9 Å². The van der Waals surface area contributed by atoms with Crippen LogP contribution in [0.15, 0.2) is 52.0 Å². The number of carbonyl (C=O) groups is 3. The number of piperazine rings is 1. The van der Waals surface area contributed by atoms with E-state index in [0.717, 1.165) is 6.42 Å². The summed E-state index contributed by atoms with van der Waals surface area (Å²) < 4.78 is 37.8. The first kappa shape index (κ1) is 25.9. The fraction of sp³-hybridized carbons (Fsp3) is 0.480. The minimum absolute atomic E-state index is 0.124. The molecule has 0 spiro atoms. The number of amides is 2. The second-order valence-electron chi connectivity index (χ2n) is 9.52. The first-order valence-corrected chi connectivity index (χ1v) is 13.5. The van der Waals surface area contributed by atoms with Crippen molar-refractivity contribution in [3.05, 3.63) is 54.0 Å². The molecule has 194 valence electrons. The number of rotatable bonds is 6. The summed E-state index contributed by atoms with van der Waals surface area (Å²) in [5.41, 5.74) is 0.163. The zero-order chi connectivity index (χ0) is 25.9. The summed E-state index contributed by atoms with van der Waals surface area (Å²) in [4.78, 5) is 40.5. The van der Waals surface area contributed by atoms with Crippen molar-refractivity contribution in [1.29, 1.82) is 0 Å². The fourth-order valence-corrected chi connectivity index (χ4v) is 6.41. The zero-order valence-corrected chi connectivity index (χ0v) is 21.3. The highest BCUT2D eigenvalue weighted by Gasteiger charge is 2.32. The molecule has 1 aromatic carbocycles. The Morgan fingerprint density at radius 3 is 2.14 bits per heavy atom. The van der Waals surface area contributed by atoms with Crippen LogP contribution in [0.5, 0.6) is 0 Å². The van der Waals surface area contributed by atoms with Gasteiger partial charge >= 0.3 is 5.97 Å². The molecule has 0 saturated carbocycles. The number of hydrogen-bond acceptors (Lipinski definition) is 7. The third-order valence-electron chi connectivity index (χ3n) is 6.54. The molecule has 1 aromatic heterocycles. The van der Waals surface area contributed by atoms with Crippen LogP contribution in [0, 0.1) is 11.8 Å². The third-order valence-corrected chi connectivity index (χ3v) is 8.39. The molecule has 11 heteroatoms. The van der Waals surface area contributed by atoms with Gasteiger partial charge in [0.25, 0.3) is 11.8 Å². The average Bonchev–Trinajstić information content (AvgIpc) is 3.41. The maximum Gasteiger partial charge on any atom is 0.338 e. The maximum atomic E-state index is 13.0. The van der Waals surface area contributed by atoms with Crippen LogP contribution in [0.2, 0.25) is 0 Å². The van der Waals surface area contributed by atoms with Gasteiger partial charge in [-0.2, -0.15) is 4.31 Å². The van der Waals surface area contributed by atoms with Crippen LogP contribution in [-0.2, 0) is 19.6 Å². The van der Waals surface area contributed by atoms with Gasteiger partial charge in [-0.3, -0.25) is 9.59 Å². The number of nitrogens with zero attached hydrogens (tertiary/aromatic N) is 3. The first-order valence-electron chi connectivity index (χ1n) is 12.0. The molecule has 0 N–H and O–H groups in total. The molecule has 10 nitrogen and oxygen atoms in total. The smallest absolute Gasteiger partial charge is 0.338 e. The number of esters is 1. The average molecular weight is 518 g/mol. The number of furan rings is 1. The van der Waals surface area contributed by atoms with Crippen LogP contribution in [-0.4, -0.2) is 86.2 Å². The fourth-order valence-electron chi connectivity index (χ4n) is 4.73. The van der Waals surface area contributed by atoms with E-state index in [-0.39, 0.29) is 39.9 Å². The van der Waals surface area contributed by atoms with E-state index in [1.54, 1.807) is 17.0 Å². The first-order chi connectivity index (χ1) is 17.1. The molecular weight excluding hydrogens is 486 g/mol. The maximum absolute atomic E-state index is 13.0. The van der Waals surface area contributed by atoms with Gasteiger partial charge in [0.15, 0.2) is 12.4 Å². The number of sulfonamides is 1. The lowest BCUT2D eigenvalue weighted by Crippen LogP contribution is -2.51. The second-order valence-corrected chi connectivity index (χ2v) is 11.5. The van der Waals surface area contributed by atoms with E-state index in [4.69, 9.17) is 9.15 Å². The normalized spacial score (nSPS) is 21.3. The Bertz CT molecular complexity index is 1180. The number of hydrogen-bond donors (Lipinski definition) is 0. The van der Waals surface area contributed by atoms with Crippen molar-refractivity contribution in [3.63, 3.8) is 0 Å². The molecule has 0 aliphatic carbocycles. The Morgan fingerprint density at radius 1 is 0.944 bits per heavy atom. The van der Waals surface area contributed by atoms with E-state index in [0.29, 0.717) is 39.3 Å². The molecule has 2 saturated heterocycles. The summed E-state index contributed by atoms with van der Waals surface area (Å²) in [7, 11) is -3.65. The Hall–Kier alpha value is -3.18. The van der Waals surface area contributed by atoms with Crippen LogP contribution >= 0.6 is 0 Å². The van der Waals surface area contributed by atoms with Crippen LogP contribution in [0.3, 0.4) is 0 Å². The molecule has 2 fully saturated rings. The lowest BCUT2D eigenvalue weighted by atomic mass is 9.94. The summed E-state index contributed by atoms with van der Waals surface area (Å²) >= 11 is 0. The predicted octanol–water partition coefficient (Wildman–Crippen LogP) is 2.09. The van der Waals surface area contributed by atoms with Crippen molar-refractivity contribution in [1.82, 2.24) is 14.1 Å². The SMILES string of the molecule is C[C@@H]1C[C@H](C)CN(S(=O)(=O)c2ccc(C(=O)OCC(=O)N3CCN(C(=O)c4ccco4)CC3)cc2)C1. The molecule has 2 amide bonds. The Morgan fingerprint density at radius 2 is 1.56 bits per heavy atom. The molecule has 2 aliphatic heterocycles. The summed E-state index contributed by atoms with van der Waals surface area (Å²) in [5, 5.41) is 0. The van der Waals surface area contributed by atoms with Crippen LogP contribution < -0.4 is 0 Å². The van der Waals surface area contributed by atoms with Crippen LogP contribution in [0.25, 0.3) is 0 Å². The topological polar surface area (TPSA) is 117 Å². The molecular formula is C25H31N3O7S. The number of carbonyl (C=O) groups excluding carboxylic acids is 3. The number of ether oxygens (including phenoxy) is 1. The van der Waals surface area contributed by atoms with E-state index < -0.39 is 22.6 Å². The van der Waals surface area contributed by atoms with E-state index in [1.165, 1.54) is 39.7 Å². The van der Waals surface area contributed by atoms with Crippen molar-refractivity contribution >= 4 is 27.8 Å². The number of benzene rings is 1. The summed E-state index contributed by atoms with van der Waals surface area (Å²) in [6, 6.07) is 8.82. The van der Waals surface area contributed by atoms with Crippen molar-refractivity contribution in [2.24, 2.45) is 11.8 Å². The summed E-state index contributed by atoms with van der Waals surface area (Å²) in [6.07, 6.45) is 2.43. The molecule has 36 heavy (non-hydrogen) atoms. The van der Waals surface area contributed by atoms with Gasteiger partial charge in [0.1, 0.15) is 0 Å². The van der Waals surface area contributed by atoms with Crippen molar-refractivity contribution in [2.45, 2.75) is 25.2 Å². The molecule has 2 atom stereocenters. The molecule has 0 unspecified atom stereocenters. The molecule has 2 aromatic rings. The lowest BCUT2D eigenvalue weighted by Gasteiger charge is -2.34. The largest absolute Gasteiger partial charge is 0.459 e. The van der Waals surface area contributed by atoms with Gasteiger partial charge in [-0.05, 0) is 54.7 Å². The lowest BCUT2D eigenvalue weighted by molar-refractivity contribution is -0.136. The number of piperidine rings is 1. The van der Waals surface area contributed by atoms with Crippen LogP contribution in [0.4, 0.5) is 0 Å². The van der Waals surface area contributed by atoms with Crippen molar-refractivity contribution < 1.29 is 32.0 Å². The molecule has 0 bridgehead atoms. The van der Waals surface area contributed by atoms with Gasteiger partial charge in [-0.15, -0.1) is 0 Å². The van der Waals surface area contributed by atoms with E-state index in [1.807, 2.05) is 13.8 Å². The Balaban J connectivity index is 1.27. The van der Waals surface area contributed by atoms with Crippen LogP contribution in [0.1, 0.15) is 41.2 Å². The van der Waals surface area contributed by atoms with Gasteiger partial charge in [-0.25, -0.2) is 13.2 Å². The molecule has 0 radical (unpaired) electrons. The quantitative estimate of drug-likeness (QED) is 0.539. The monoisotopic (exact) mass is 517 g/mol. The molecule has 2 aliphatic rings. The minimum Gasteiger partial charge on any atom is -0.459 e. The zero-order valence-electron chi connectivity index (χ0n) is 20.5. The highest BCUT2D eigenvalue weighted by atomic mass is 32.2. The summed E-state index contributed by atoms with van der Waals surface area (Å²) in [6.45, 7) is 5.94. The van der Waals surface area contributed by atoms with Gasteiger partial charge in [0.2, 0.25) is 10.0 Å². The van der Waals surface area contributed by atoms with Gasteiger partial charge < -0.3 is 19.0 Å². The van der Waals surface area contributed by atoms with E-state index in [2.05, 4.69) is 0 Å². The standard InChI is InChI=1S/C25H31N3O7S/c1-18-14-19(2)16-28(15-18)36(32,33)21-7-5-20(6-8-21)25(31)35-17-23(29)26-9-11-27(12-10-26)24(30)22-4-3-13-34-22/h3-8,13,18-19H,9-12,14-17H2,1-2H3/t18-,19+. The van der Waals surface area contributed by atoms with Crippen molar-refractivity contribution in [3.8, 4) is 0 Å². The highest BCUT2D eigenvalue weighted by molar-refractivity contribution is 7.89. The van der Waals surface area contributed by atoms with E-state index >= 15 is 0 Å². The second kappa shape index (κ2) is 10.8. The highest BCUT2D eigenvalue weighted by Crippen LogP contribution is 2.26. The summed E-state index contributed by atoms with van der Waals surface area (Å²) in [5.74, 6) is -0.472. The van der Waals surface area contributed by atoms with Gasteiger partial charge in [-0.1, -0.05) is 13.8 Å². The minimum atomic E-state index is -3.65. The molecule has 4 rings (SSSR count). The molecule has 3 heterocycles.